The van der Waals surface area contributed by atoms with Crippen LogP contribution in [0.2, 0.25) is 0 Å². The third-order valence-electron chi connectivity index (χ3n) is 6.22. The van der Waals surface area contributed by atoms with Gasteiger partial charge < -0.3 is 14.7 Å². The van der Waals surface area contributed by atoms with Gasteiger partial charge in [-0.3, -0.25) is 0 Å². The fraction of sp³-hybridized carbons (Fsp3) is 0.0769. The summed E-state index contributed by atoms with van der Waals surface area (Å²) in [5.41, 5.74) is 12.8. The summed E-state index contributed by atoms with van der Waals surface area (Å²) in [4.78, 5) is 0. The Morgan fingerprint density at radius 3 is 1.77 bits per heavy atom. The molecule has 0 unspecified atom stereocenters. The molecule has 0 atom stereocenters. The van der Waals surface area contributed by atoms with Crippen molar-refractivity contribution in [2.75, 3.05) is 0 Å². The Morgan fingerprint density at radius 2 is 1.10 bits per heavy atom. The molecule has 2 aliphatic carbocycles. The molecule has 0 saturated heterocycles. The van der Waals surface area contributed by atoms with Gasteiger partial charge >= 0.3 is 7.32 Å². The summed E-state index contributed by atoms with van der Waals surface area (Å²) in [5.74, 6) is 0.468. The molecule has 4 aromatic carbocycles. The van der Waals surface area contributed by atoms with Gasteiger partial charge in [-0.15, -0.1) is 0 Å². The van der Waals surface area contributed by atoms with E-state index >= 15 is 0 Å². The number of hydrogen-bond acceptors (Lipinski definition) is 3. The number of hydrogen-bond donors (Lipinski definition) is 2. The Kier molecular flexibility index (Phi) is 3.85. The molecule has 0 aromatic heterocycles. The Labute approximate surface area is 175 Å². The molecule has 30 heavy (non-hydrogen) atoms. The maximum atomic E-state index is 9.05. The van der Waals surface area contributed by atoms with Crippen molar-refractivity contribution in [3.8, 4) is 39.1 Å². The molecule has 0 bridgehead atoms. The molecule has 0 fully saturated rings. The Bertz CT molecular complexity index is 1310. The normalized spacial score (nSPS) is 12.7. The average molecular weight is 390 g/mol. The summed E-state index contributed by atoms with van der Waals surface area (Å²) < 4.78 is 5.01. The summed E-state index contributed by atoms with van der Waals surface area (Å²) in [6.07, 6.45) is 1.81. The van der Waals surface area contributed by atoms with Gasteiger partial charge in [-0.1, -0.05) is 66.7 Å². The number of benzene rings is 4. The lowest BCUT2D eigenvalue weighted by molar-refractivity contribution is 0.288. The van der Waals surface area contributed by atoms with Gasteiger partial charge in [-0.2, -0.15) is 0 Å². The Hall–Kier alpha value is -3.34. The Morgan fingerprint density at radius 1 is 0.567 bits per heavy atom. The van der Waals surface area contributed by atoms with Crippen molar-refractivity contribution in [1.82, 2.24) is 0 Å². The molecule has 3 nitrogen and oxygen atoms in total. The van der Waals surface area contributed by atoms with Crippen molar-refractivity contribution in [3.05, 3.63) is 101 Å². The fourth-order valence-corrected chi connectivity index (χ4v) is 4.89. The van der Waals surface area contributed by atoms with Crippen LogP contribution in [-0.2, 0) is 12.8 Å². The van der Waals surface area contributed by atoms with Gasteiger partial charge in [0, 0.05) is 0 Å². The maximum Gasteiger partial charge on any atom is 0.707 e. The first-order chi connectivity index (χ1) is 14.7. The van der Waals surface area contributed by atoms with E-state index in [1.54, 1.807) is 6.07 Å². The first kappa shape index (κ1) is 17.5. The molecule has 144 valence electrons. The Balaban J connectivity index is 1.34. The largest absolute Gasteiger partial charge is 0.707 e. The van der Waals surface area contributed by atoms with Gasteiger partial charge in [0.25, 0.3) is 0 Å². The summed E-state index contributed by atoms with van der Waals surface area (Å²) in [6, 6.07) is 27.8. The van der Waals surface area contributed by atoms with Crippen LogP contribution in [0.1, 0.15) is 22.3 Å². The van der Waals surface area contributed by atoms with Crippen molar-refractivity contribution in [2.24, 2.45) is 0 Å². The molecule has 0 radical (unpaired) electrons. The van der Waals surface area contributed by atoms with Gasteiger partial charge in [0.05, 0.1) is 0 Å². The second kappa shape index (κ2) is 6.59. The first-order valence-corrected chi connectivity index (χ1v) is 10.2. The molecule has 0 amide bonds. The smallest absolute Gasteiger partial charge is 0.512 e. The minimum atomic E-state index is -1.80. The van der Waals surface area contributed by atoms with E-state index in [-0.39, 0.29) is 0 Å². The lowest BCUT2D eigenvalue weighted by atomic mass is 9.96. The highest BCUT2D eigenvalue weighted by Crippen LogP contribution is 2.42. The van der Waals surface area contributed by atoms with Gasteiger partial charge in [-0.25, -0.2) is 0 Å². The fourth-order valence-electron chi connectivity index (χ4n) is 4.89. The number of fused-ring (bicyclic) bond motifs is 6. The van der Waals surface area contributed by atoms with E-state index in [0.717, 1.165) is 18.4 Å². The van der Waals surface area contributed by atoms with Crippen LogP contribution in [0.5, 0.6) is 5.75 Å². The van der Waals surface area contributed by atoms with Crippen molar-refractivity contribution in [3.63, 3.8) is 0 Å². The molecular weight excluding hydrogens is 371 g/mol. The van der Waals surface area contributed by atoms with Crippen molar-refractivity contribution >= 4 is 7.32 Å². The van der Waals surface area contributed by atoms with E-state index in [2.05, 4.69) is 60.7 Å². The topological polar surface area (TPSA) is 49.7 Å². The highest BCUT2D eigenvalue weighted by atomic mass is 16.6. The van der Waals surface area contributed by atoms with Crippen molar-refractivity contribution in [1.29, 1.82) is 0 Å². The predicted octanol–water partition coefficient (Wildman–Crippen LogP) is 4.84. The predicted molar refractivity (Wildman–Crippen MR) is 119 cm³/mol. The molecule has 4 heteroatoms. The van der Waals surface area contributed by atoms with Crippen LogP contribution < -0.4 is 4.65 Å². The zero-order valence-electron chi connectivity index (χ0n) is 16.3. The molecule has 6 rings (SSSR count). The molecule has 0 heterocycles. The van der Waals surface area contributed by atoms with Crippen LogP contribution in [0.25, 0.3) is 33.4 Å². The lowest BCUT2D eigenvalue weighted by Crippen LogP contribution is -2.20. The second-order valence-corrected chi connectivity index (χ2v) is 8.02. The quantitative estimate of drug-likeness (QED) is 0.425. The van der Waals surface area contributed by atoms with E-state index in [1.807, 2.05) is 12.1 Å². The highest BCUT2D eigenvalue weighted by molar-refractivity contribution is 6.33. The van der Waals surface area contributed by atoms with Crippen molar-refractivity contribution < 1.29 is 14.7 Å². The highest BCUT2D eigenvalue weighted by Gasteiger charge is 2.22. The molecule has 2 N–H and O–H groups in total. The van der Waals surface area contributed by atoms with Crippen LogP contribution in [0.15, 0.2) is 78.9 Å². The van der Waals surface area contributed by atoms with Crippen LogP contribution in [0.4, 0.5) is 0 Å². The third kappa shape index (κ3) is 2.77. The lowest BCUT2D eigenvalue weighted by Gasteiger charge is -2.09. The molecule has 2 aliphatic rings. The maximum absolute atomic E-state index is 9.05. The molecule has 0 aliphatic heterocycles. The van der Waals surface area contributed by atoms with Crippen LogP contribution >= 0.6 is 0 Å². The average Bonchev–Trinajstić information content (AvgIpc) is 3.29. The van der Waals surface area contributed by atoms with Crippen molar-refractivity contribution in [2.45, 2.75) is 12.8 Å². The van der Waals surface area contributed by atoms with E-state index in [9.17, 15) is 0 Å². The van der Waals surface area contributed by atoms with Gasteiger partial charge in [-0.05, 0) is 80.6 Å². The summed E-state index contributed by atoms with van der Waals surface area (Å²) in [6.45, 7) is 0. The summed E-state index contributed by atoms with van der Waals surface area (Å²) in [7, 11) is -1.80. The van der Waals surface area contributed by atoms with E-state index in [4.69, 9.17) is 14.7 Å². The first-order valence-electron chi connectivity index (χ1n) is 10.2. The summed E-state index contributed by atoms with van der Waals surface area (Å²) in [5, 5.41) is 18.1. The van der Waals surface area contributed by atoms with Gasteiger partial charge in [0.2, 0.25) is 0 Å². The molecule has 0 spiro atoms. The van der Waals surface area contributed by atoms with Crippen LogP contribution in [0, 0.1) is 0 Å². The zero-order valence-corrected chi connectivity index (χ0v) is 16.3. The standard InChI is InChI=1S/C26H19BO3/c28-27(29)30-22-7-10-26-21(15-22)14-20-12-17(6-9-25(20)26)16-5-8-24-19(11-16)13-18-3-1-2-4-23(18)24/h1-12,15,28-29H,13-14H2. The van der Waals surface area contributed by atoms with Crippen LogP contribution in [0.3, 0.4) is 0 Å². The SMILES string of the molecule is OB(O)Oc1ccc2c(c1)Cc1cc(-c3ccc4c(c3)Cc3ccccc3-4)ccc1-2. The van der Waals surface area contributed by atoms with E-state index in [1.165, 1.54) is 50.1 Å². The van der Waals surface area contributed by atoms with Gasteiger partial charge in [0.15, 0.2) is 0 Å². The van der Waals surface area contributed by atoms with Gasteiger partial charge in [0.1, 0.15) is 5.75 Å². The summed E-state index contributed by atoms with van der Waals surface area (Å²) >= 11 is 0. The zero-order chi connectivity index (χ0) is 20.2. The second-order valence-electron chi connectivity index (χ2n) is 8.02. The van der Waals surface area contributed by atoms with E-state index in [0.29, 0.717) is 5.75 Å². The molecule has 0 saturated carbocycles. The minimum absolute atomic E-state index is 0.468. The monoisotopic (exact) mass is 390 g/mol. The molecule has 4 aromatic rings. The minimum Gasteiger partial charge on any atom is -0.512 e. The third-order valence-corrected chi connectivity index (χ3v) is 6.22. The number of rotatable bonds is 3. The molecular formula is C26H19BO3. The van der Waals surface area contributed by atoms with Crippen LogP contribution in [-0.4, -0.2) is 17.4 Å². The van der Waals surface area contributed by atoms with E-state index < -0.39 is 7.32 Å².